The van der Waals surface area contributed by atoms with Crippen molar-refractivity contribution in [1.29, 1.82) is 0 Å². The Morgan fingerprint density at radius 2 is 1.76 bits per heavy atom. The minimum absolute atomic E-state index is 0.0992. The molecular weight excluding hydrogens is 333 g/mol. The normalized spacial score (nSPS) is 17.0. The second kappa shape index (κ2) is 7.76. The number of hydrogen-bond donors (Lipinski definition) is 2. The Morgan fingerprint density at radius 1 is 1.14 bits per heavy atom. The van der Waals surface area contributed by atoms with E-state index in [9.17, 15) is 8.42 Å². The largest absolute Gasteiger partial charge is 0.314 e. The van der Waals surface area contributed by atoms with E-state index in [2.05, 4.69) is 14.9 Å². The molecule has 1 aliphatic rings. The van der Waals surface area contributed by atoms with Gasteiger partial charge in [-0.1, -0.05) is 23.2 Å². The van der Waals surface area contributed by atoms with Gasteiger partial charge in [0.15, 0.2) is 0 Å². The lowest BCUT2D eigenvalue weighted by atomic mass is 10.3. The Kier molecular flexibility index (Phi) is 6.28. The summed E-state index contributed by atoms with van der Waals surface area (Å²) in [7, 11) is -3.56. The summed E-state index contributed by atoms with van der Waals surface area (Å²) in [6, 6.07) is 4.30. The van der Waals surface area contributed by atoms with Crippen molar-refractivity contribution in [3.8, 4) is 0 Å². The molecule has 0 unspecified atom stereocenters. The summed E-state index contributed by atoms with van der Waals surface area (Å²) < 4.78 is 26.9. The molecule has 0 atom stereocenters. The third-order valence-corrected chi connectivity index (χ3v) is 5.18. The van der Waals surface area contributed by atoms with E-state index in [1.54, 1.807) is 0 Å². The molecule has 0 radical (unpaired) electrons. The van der Waals surface area contributed by atoms with Crippen molar-refractivity contribution in [3.63, 3.8) is 0 Å². The molecule has 0 amide bonds. The van der Waals surface area contributed by atoms with E-state index < -0.39 is 10.0 Å². The van der Waals surface area contributed by atoms with Crippen LogP contribution in [-0.2, 0) is 10.0 Å². The Bertz CT molecular complexity index is 555. The maximum absolute atomic E-state index is 12.1. The molecule has 0 saturated carbocycles. The topological polar surface area (TPSA) is 61.4 Å². The first-order valence-electron chi connectivity index (χ1n) is 6.86. The predicted octanol–water partition coefficient (Wildman–Crippen LogP) is 1.57. The molecule has 118 valence electrons. The quantitative estimate of drug-likeness (QED) is 0.763. The summed E-state index contributed by atoms with van der Waals surface area (Å²) >= 11 is 11.7. The van der Waals surface area contributed by atoms with Gasteiger partial charge < -0.3 is 10.2 Å². The molecule has 1 fully saturated rings. The zero-order valence-corrected chi connectivity index (χ0v) is 13.9. The van der Waals surface area contributed by atoms with Gasteiger partial charge in [0.05, 0.1) is 4.90 Å². The zero-order valence-electron chi connectivity index (χ0n) is 11.6. The van der Waals surface area contributed by atoms with Gasteiger partial charge in [0.1, 0.15) is 0 Å². The minimum Gasteiger partial charge on any atom is -0.314 e. The summed E-state index contributed by atoms with van der Waals surface area (Å²) in [5.41, 5.74) is 0. The third kappa shape index (κ3) is 5.39. The van der Waals surface area contributed by atoms with Gasteiger partial charge in [0.2, 0.25) is 10.0 Å². The molecule has 21 heavy (non-hydrogen) atoms. The van der Waals surface area contributed by atoms with Gasteiger partial charge in [0.25, 0.3) is 0 Å². The second-order valence-electron chi connectivity index (χ2n) is 4.95. The molecule has 1 aromatic rings. The molecule has 2 rings (SSSR count). The van der Waals surface area contributed by atoms with E-state index in [4.69, 9.17) is 23.2 Å². The lowest BCUT2D eigenvalue weighted by Gasteiger charge is -2.27. The average Bonchev–Trinajstić information content (AvgIpc) is 2.44. The van der Waals surface area contributed by atoms with Crippen molar-refractivity contribution in [2.75, 3.05) is 39.3 Å². The summed E-state index contributed by atoms with van der Waals surface area (Å²) in [6.07, 6.45) is 0.771. The van der Waals surface area contributed by atoms with Crippen LogP contribution in [0.5, 0.6) is 0 Å². The summed E-state index contributed by atoms with van der Waals surface area (Å²) in [5, 5.41) is 3.90. The monoisotopic (exact) mass is 351 g/mol. The predicted molar refractivity (Wildman–Crippen MR) is 85.6 cm³/mol. The van der Waals surface area contributed by atoms with Crippen molar-refractivity contribution in [3.05, 3.63) is 28.2 Å². The van der Waals surface area contributed by atoms with Crippen molar-refractivity contribution in [2.24, 2.45) is 0 Å². The molecule has 0 spiro atoms. The fourth-order valence-corrected chi connectivity index (χ4v) is 4.01. The van der Waals surface area contributed by atoms with Crippen LogP contribution in [0.15, 0.2) is 23.1 Å². The van der Waals surface area contributed by atoms with Crippen molar-refractivity contribution < 1.29 is 8.42 Å². The number of rotatable bonds is 6. The maximum Gasteiger partial charge on any atom is 0.240 e. The average molecular weight is 352 g/mol. The molecule has 1 aliphatic heterocycles. The molecule has 0 bridgehead atoms. The van der Waals surface area contributed by atoms with Crippen LogP contribution in [-0.4, -0.2) is 52.6 Å². The number of nitrogens with zero attached hydrogens (tertiary/aromatic N) is 1. The highest BCUT2D eigenvalue weighted by atomic mass is 35.5. The van der Waals surface area contributed by atoms with Gasteiger partial charge in [-0.2, -0.15) is 0 Å². The summed E-state index contributed by atoms with van der Waals surface area (Å²) in [5.74, 6) is 0. The SMILES string of the molecule is O=S(=O)(NCCCN1CCNCC1)c1cc(Cl)cc(Cl)c1. The van der Waals surface area contributed by atoms with Gasteiger partial charge in [0, 0.05) is 42.8 Å². The highest BCUT2D eigenvalue weighted by molar-refractivity contribution is 7.89. The van der Waals surface area contributed by atoms with Crippen LogP contribution in [0.3, 0.4) is 0 Å². The van der Waals surface area contributed by atoms with E-state index in [1.165, 1.54) is 18.2 Å². The molecule has 1 heterocycles. The molecule has 0 aromatic heterocycles. The maximum atomic E-state index is 12.1. The van der Waals surface area contributed by atoms with Gasteiger partial charge >= 0.3 is 0 Å². The second-order valence-corrected chi connectivity index (χ2v) is 7.59. The fraction of sp³-hybridized carbons (Fsp3) is 0.538. The van der Waals surface area contributed by atoms with Crippen LogP contribution in [0.4, 0.5) is 0 Å². The van der Waals surface area contributed by atoms with E-state index >= 15 is 0 Å². The number of sulfonamides is 1. The number of nitrogens with one attached hydrogen (secondary N) is 2. The highest BCUT2D eigenvalue weighted by Gasteiger charge is 2.15. The van der Waals surface area contributed by atoms with E-state index in [1.807, 2.05) is 0 Å². The Morgan fingerprint density at radius 3 is 2.38 bits per heavy atom. The first kappa shape index (κ1) is 17.0. The Labute approximate surface area is 135 Å². The number of hydrogen-bond acceptors (Lipinski definition) is 4. The van der Waals surface area contributed by atoms with Crippen LogP contribution in [0.1, 0.15) is 6.42 Å². The van der Waals surface area contributed by atoms with Crippen LogP contribution in [0.2, 0.25) is 10.0 Å². The highest BCUT2D eigenvalue weighted by Crippen LogP contribution is 2.22. The standard InChI is InChI=1S/C13H19Cl2N3O2S/c14-11-8-12(15)10-13(9-11)21(19,20)17-2-1-5-18-6-3-16-4-7-18/h8-10,16-17H,1-7H2. The molecule has 8 heteroatoms. The van der Waals surface area contributed by atoms with Crippen LogP contribution >= 0.6 is 23.2 Å². The van der Waals surface area contributed by atoms with Crippen molar-refractivity contribution in [2.45, 2.75) is 11.3 Å². The first-order valence-corrected chi connectivity index (χ1v) is 9.10. The number of halogens is 2. The van der Waals surface area contributed by atoms with Crippen LogP contribution in [0.25, 0.3) is 0 Å². The molecule has 5 nitrogen and oxygen atoms in total. The van der Waals surface area contributed by atoms with Crippen molar-refractivity contribution in [1.82, 2.24) is 14.9 Å². The van der Waals surface area contributed by atoms with Crippen LogP contribution < -0.4 is 10.0 Å². The van der Waals surface area contributed by atoms with Crippen LogP contribution in [0, 0.1) is 0 Å². The molecule has 1 aromatic carbocycles. The van der Waals surface area contributed by atoms with Crippen molar-refractivity contribution >= 4 is 33.2 Å². The summed E-state index contributed by atoms with van der Waals surface area (Å²) in [6.45, 7) is 5.30. The molecule has 1 saturated heterocycles. The lowest BCUT2D eigenvalue weighted by molar-refractivity contribution is 0.239. The van der Waals surface area contributed by atoms with Gasteiger partial charge in [-0.3, -0.25) is 0 Å². The fourth-order valence-electron chi connectivity index (χ4n) is 2.21. The number of piperazine rings is 1. The van der Waals surface area contributed by atoms with Gasteiger partial charge in [-0.05, 0) is 31.2 Å². The van der Waals surface area contributed by atoms with Gasteiger partial charge in [-0.15, -0.1) is 0 Å². The molecule has 2 N–H and O–H groups in total. The molecular formula is C13H19Cl2N3O2S. The van der Waals surface area contributed by atoms with Gasteiger partial charge in [-0.25, -0.2) is 13.1 Å². The van der Waals surface area contributed by atoms with E-state index in [-0.39, 0.29) is 4.90 Å². The molecule has 0 aliphatic carbocycles. The van der Waals surface area contributed by atoms with E-state index in [0.717, 1.165) is 39.1 Å². The zero-order chi connectivity index (χ0) is 15.3. The smallest absolute Gasteiger partial charge is 0.240 e. The third-order valence-electron chi connectivity index (χ3n) is 3.30. The summed E-state index contributed by atoms with van der Waals surface area (Å²) in [4.78, 5) is 2.42. The minimum atomic E-state index is -3.56. The lowest BCUT2D eigenvalue weighted by Crippen LogP contribution is -2.44. The first-order chi connectivity index (χ1) is 9.97. The number of benzene rings is 1. The van der Waals surface area contributed by atoms with E-state index in [0.29, 0.717) is 16.6 Å². The Hall–Kier alpha value is -0.370. The Balaban J connectivity index is 1.83.